The molecule has 0 aliphatic heterocycles. The Bertz CT molecular complexity index is 286. The molecule has 0 bridgehead atoms. The predicted octanol–water partition coefficient (Wildman–Crippen LogP) is 0.0802. The summed E-state index contributed by atoms with van der Waals surface area (Å²) in [6.45, 7) is 1.12. The second kappa shape index (κ2) is 3.51. The fourth-order valence-corrected chi connectivity index (χ4v) is 0.997. The van der Waals surface area contributed by atoms with Crippen molar-refractivity contribution in [1.82, 2.24) is 4.98 Å². The first kappa shape index (κ1) is 8.96. The van der Waals surface area contributed by atoms with Gasteiger partial charge >= 0.3 is 0 Å². The first-order valence-corrected chi connectivity index (χ1v) is 3.58. The van der Waals surface area contributed by atoms with Gasteiger partial charge in [-0.2, -0.15) is 0 Å². The SMILES string of the molecule is [13CH3][13c]1ncc(CO)[13c](CO)[13c]1O. The number of pyridine rings is 1. The van der Waals surface area contributed by atoms with E-state index in [1.165, 1.54) is 6.20 Å². The van der Waals surface area contributed by atoms with Crippen molar-refractivity contribution in [3.05, 3.63) is 23.0 Å². The van der Waals surface area contributed by atoms with Gasteiger partial charge in [-0.1, -0.05) is 0 Å². The van der Waals surface area contributed by atoms with Gasteiger partial charge in [-0.15, -0.1) is 0 Å². The summed E-state index contributed by atoms with van der Waals surface area (Å²) >= 11 is 0. The quantitative estimate of drug-likeness (QED) is 0.554. The van der Waals surface area contributed by atoms with E-state index in [1.807, 2.05) is 0 Å². The van der Waals surface area contributed by atoms with Gasteiger partial charge in [0.25, 0.3) is 0 Å². The second-order valence-electron chi connectivity index (χ2n) is 2.51. The second-order valence-corrected chi connectivity index (χ2v) is 2.51. The Balaban J connectivity index is 3.25. The molecule has 1 heterocycles. The van der Waals surface area contributed by atoms with E-state index in [4.69, 9.17) is 10.2 Å². The van der Waals surface area contributed by atoms with Crippen LogP contribution in [-0.2, 0) is 13.2 Å². The Morgan fingerprint density at radius 3 is 2.50 bits per heavy atom. The molecule has 0 saturated carbocycles. The van der Waals surface area contributed by atoms with Crippen LogP contribution in [0.25, 0.3) is 0 Å². The van der Waals surface area contributed by atoms with Crippen molar-refractivity contribution in [2.75, 3.05) is 0 Å². The number of rotatable bonds is 2. The number of aryl methyl sites for hydroxylation is 1. The number of nitrogens with zero attached hydrogens (tertiary/aromatic N) is 1. The Labute approximate surface area is 70.1 Å². The molecule has 0 spiro atoms. The molecule has 0 unspecified atom stereocenters. The van der Waals surface area contributed by atoms with Crippen LogP contribution in [0.5, 0.6) is 5.75 Å². The van der Waals surface area contributed by atoms with Gasteiger partial charge in [-0.25, -0.2) is 0 Å². The van der Waals surface area contributed by atoms with Crippen molar-refractivity contribution in [2.24, 2.45) is 0 Å². The van der Waals surface area contributed by atoms with Gasteiger partial charge in [0, 0.05) is 17.3 Å². The maximum absolute atomic E-state index is 9.38. The zero-order valence-corrected chi connectivity index (χ0v) is 6.78. The lowest BCUT2D eigenvalue weighted by molar-refractivity contribution is 0.254. The highest BCUT2D eigenvalue weighted by molar-refractivity contribution is 5.39. The molecule has 0 aliphatic rings. The van der Waals surface area contributed by atoms with Crippen molar-refractivity contribution in [3.63, 3.8) is 0 Å². The fraction of sp³-hybridized carbons (Fsp3) is 0.375. The minimum absolute atomic E-state index is 0.0379. The number of aliphatic hydroxyl groups is 2. The maximum atomic E-state index is 9.38. The average molecular weight is 173 g/mol. The van der Waals surface area contributed by atoms with E-state index in [2.05, 4.69) is 4.98 Å². The minimum Gasteiger partial charge on any atom is -0.506 e. The number of aliphatic hydroxyl groups excluding tert-OH is 2. The third-order valence-electron chi connectivity index (χ3n) is 1.76. The van der Waals surface area contributed by atoms with Crippen LogP contribution in [0.2, 0.25) is 0 Å². The molecule has 0 aromatic carbocycles. The summed E-state index contributed by atoms with van der Waals surface area (Å²) in [5, 5.41) is 27.0. The summed E-state index contributed by atoms with van der Waals surface area (Å²) in [7, 11) is 0. The number of aromatic hydroxyl groups is 1. The summed E-state index contributed by atoms with van der Waals surface area (Å²) < 4.78 is 0. The molecule has 66 valence electrons. The van der Waals surface area contributed by atoms with Crippen LogP contribution >= 0.6 is 0 Å². The highest BCUT2D eigenvalue weighted by atomic mass is 16.4. The van der Waals surface area contributed by atoms with Crippen molar-refractivity contribution >= 4 is 0 Å². The standard InChI is InChI=1S/C8H11NO3/c1-5-8(12)7(4-11)6(3-10)2-9-5/h2,10-12H,3-4H2,1H3/i1+1,5+1,7+1,8+1. The third kappa shape index (κ3) is 1.39. The monoisotopic (exact) mass is 173 g/mol. The summed E-state index contributed by atoms with van der Waals surface area (Å²) in [5.41, 5.74) is 1.27. The minimum atomic E-state index is -0.287. The lowest BCUT2D eigenvalue weighted by atomic mass is 10.4. The maximum Gasteiger partial charge on any atom is 0.142 e. The first-order chi connectivity index (χ1) is 5.70. The van der Waals surface area contributed by atoms with E-state index < -0.39 is 0 Å². The molecule has 4 nitrogen and oxygen atoms in total. The molecule has 1 aromatic rings. The van der Waals surface area contributed by atoms with Gasteiger partial charge in [0.1, 0.15) is 5.75 Å². The van der Waals surface area contributed by atoms with E-state index in [0.717, 1.165) is 0 Å². The fourth-order valence-electron chi connectivity index (χ4n) is 0.997. The summed E-state index contributed by atoms with van der Waals surface area (Å²) in [5.74, 6) is -0.0379. The molecule has 0 radical (unpaired) electrons. The number of aromatic nitrogens is 1. The highest BCUT2D eigenvalue weighted by Crippen LogP contribution is 2.23. The molecular formula is C8H11NO3. The first-order valence-electron chi connectivity index (χ1n) is 3.58. The van der Waals surface area contributed by atoms with Gasteiger partial charge in [0.15, 0.2) is 0 Å². The zero-order valence-electron chi connectivity index (χ0n) is 6.78. The average Bonchev–Trinajstić information content (AvgIpc) is 2.09. The topological polar surface area (TPSA) is 73.6 Å². The number of hydrogen-bond acceptors (Lipinski definition) is 4. The van der Waals surface area contributed by atoms with Crippen molar-refractivity contribution in [3.8, 4) is 5.75 Å². The molecule has 0 fully saturated rings. The Morgan fingerprint density at radius 2 is 2.00 bits per heavy atom. The van der Waals surface area contributed by atoms with Crippen LogP contribution < -0.4 is 0 Å². The molecule has 4 heteroatoms. The van der Waals surface area contributed by atoms with Crippen LogP contribution in [0.4, 0.5) is 0 Å². The smallest absolute Gasteiger partial charge is 0.142 e. The van der Waals surface area contributed by atoms with Crippen LogP contribution in [-0.4, -0.2) is 20.3 Å². The van der Waals surface area contributed by atoms with Crippen LogP contribution in [0.1, 0.15) is 16.8 Å². The lowest BCUT2D eigenvalue weighted by Crippen LogP contribution is -1.98. The summed E-state index contributed by atoms with van der Waals surface area (Å²) in [6.07, 6.45) is 1.45. The molecular weight excluding hydrogens is 162 g/mol. The van der Waals surface area contributed by atoms with Gasteiger partial charge in [0.2, 0.25) is 0 Å². The molecule has 1 rings (SSSR count). The molecule has 0 aliphatic carbocycles. The largest absolute Gasteiger partial charge is 0.506 e. The van der Waals surface area contributed by atoms with E-state index in [1.54, 1.807) is 6.92 Å². The van der Waals surface area contributed by atoms with Crippen LogP contribution in [0.15, 0.2) is 6.20 Å². The normalized spacial score (nSPS) is 10.2. The van der Waals surface area contributed by atoms with Crippen molar-refractivity contribution in [1.29, 1.82) is 0 Å². The number of hydrogen-bond donors (Lipinski definition) is 3. The molecule has 3 N–H and O–H groups in total. The Kier molecular flexibility index (Phi) is 2.62. The molecule has 1 aromatic heterocycles. The molecule has 12 heavy (non-hydrogen) atoms. The predicted molar refractivity (Wildman–Crippen MR) is 42.5 cm³/mol. The summed E-state index contributed by atoms with van der Waals surface area (Å²) in [6, 6.07) is 0. The van der Waals surface area contributed by atoms with E-state index in [9.17, 15) is 5.11 Å². The zero-order chi connectivity index (χ0) is 9.14. The molecule has 0 saturated heterocycles. The van der Waals surface area contributed by atoms with Crippen molar-refractivity contribution < 1.29 is 15.3 Å². The van der Waals surface area contributed by atoms with Gasteiger partial charge in [-0.3, -0.25) is 4.98 Å². The van der Waals surface area contributed by atoms with Crippen molar-refractivity contribution in [2.45, 2.75) is 20.1 Å². The lowest BCUT2D eigenvalue weighted by Gasteiger charge is -2.07. The Morgan fingerprint density at radius 1 is 1.33 bits per heavy atom. The van der Waals surface area contributed by atoms with Crippen LogP contribution in [0.3, 0.4) is 0 Å². The van der Waals surface area contributed by atoms with Crippen LogP contribution in [0, 0.1) is 6.92 Å². The van der Waals surface area contributed by atoms with Gasteiger partial charge < -0.3 is 15.3 Å². The van der Waals surface area contributed by atoms with E-state index in [-0.39, 0.29) is 19.0 Å². The van der Waals surface area contributed by atoms with Gasteiger partial charge in [0.05, 0.1) is 18.9 Å². The molecule has 0 atom stereocenters. The van der Waals surface area contributed by atoms with E-state index in [0.29, 0.717) is 16.8 Å². The van der Waals surface area contributed by atoms with E-state index >= 15 is 0 Å². The molecule has 0 amide bonds. The summed E-state index contributed by atoms with van der Waals surface area (Å²) in [4.78, 5) is 3.84. The van der Waals surface area contributed by atoms with Gasteiger partial charge in [-0.05, 0) is 6.92 Å². The Hall–Kier alpha value is -1.13. The highest BCUT2D eigenvalue weighted by Gasteiger charge is 2.09. The third-order valence-corrected chi connectivity index (χ3v) is 1.76.